The van der Waals surface area contributed by atoms with Crippen molar-refractivity contribution in [2.24, 2.45) is 0 Å². The molecule has 0 aliphatic carbocycles. The van der Waals surface area contributed by atoms with E-state index in [0.717, 1.165) is 5.75 Å². The van der Waals surface area contributed by atoms with Gasteiger partial charge in [-0.3, -0.25) is 20.4 Å². The third-order valence-corrected chi connectivity index (χ3v) is 3.72. The smallest absolute Gasteiger partial charge is 0.271 e. The van der Waals surface area contributed by atoms with Crippen LogP contribution in [0.15, 0.2) is 48.5 Å². The minimum Gasteiger partial charge on any atom is -0.494 e. The fourth-order valence-corrected chi connectivity index (χ4v) is 2.34. The van der Waals surface area contributed by atoms with Gasteiger partial charge in [0.15, 0.2) is 0 Å². The summed E-state index contributed by atoms with van der Waals surface area (Å²) in [6.45, 7) is 2.93. The standard InChI is InChI=1S/C19H21ClN2O4/c1-2-25-14-9-11-15(12-10-14)26-13-5-8-18(23)21-22-19(24)16-6-3-4-7-17(16)20/h3-4,6-7,9-12H,2,5,8,13H2,1H3,(H,21,23)(H,22,24). The number of halogens is 1. The van der Waals surface area contributed by atoms with E-state index >= 15 is 0 Å². The Bertz CT molecular complexity index is 735. The molecule has 26 heavy (non-hydrogen) atoms. The zero-order chi connectivity index (χ0) is 18.8. The second kappa shape index (κ2) is 10.3. The molecule has 2 aromatic rings. The predicted molar refractivity (Wildman–Crippen MR) is 99.4 cm³/mol. The lowest BCUT2D eigenvalue weighted by atomic mass is 10.2. The molecule has 0 saturated heterocycles. The number of hydrogen-bond donors (Lipinski definition) is 2. The van der Waals surface area contributed by atoms with Gasteiger partial charge in [-0.05, 0) is 49.7 Å². The van der Waals surface area contributed by atoms with Crippen molar-refractivity contribution >= 4 is 23.4 Å². The lowest BCUT2D eigenvalue weighted by molar-refractivity contribution is -0.122. The predicted octanol–water partition coefficient (Wildman–Crippen LogP) is 3.36. The van der Waals surface area contributed by atoms with Crippen LogP contribution in [0, 0.1) is 0 Å². The van der Waals surface area contributed by atoms with Crippen LogP contribution in [0.2, 0.25) is 5.02 Å². The first kappa shape index (κ1) is 19.6. The molecule has 2 aromatic carbocycles. The summed E-state index contributed by atoms with van der Waals surface area (Å²) in [7, 11) is 0. The number of rotatable bonds is 8. The lowest BCUT2D eigenvalue weighted by Crippen LogP contribution is -2.41. The van der Waals surface area contributed by atoms with Crippen LogP contribution < -0.4 is 20.3 Å². The molecule has 0 spiro atoms. The van der Waals surface area contributed by atoms with Gasteiger partial charge in [-0.25, -0.2) is 0 Å². The topological polar surface area (TPSA) is 76.7 Å². The SMILES string of the molecule is CCOc1ccc(OCCCC(=O)NNC(=O)c2ccccc2Cl)cc1. The molecule has 2 amide bonds. The Morgan fingerprint density at radius 3 is 2.27 bits per heavy atom. The summed E-state index contributed by atoms with van der Waals surface area (Å²) in [5.41, 5.74) is 5.00. The maximum absolute atomic E-state index is 11.9. The Morgan fingerprint density at radius 2 is 1.62 bits per heavy atom. The molecule has 0 saturated carbocycles. The summed E-state index contributed by atoms with van der Waals surface area (Å²) in [4.78, 5) is 23.7. The molecule has 7 heteroatoms. The van der Waals surface area contributed by atoms with E-state index in [1.54, 1.807) is 24.3 Å². The third kappa shape index (κ3) is 6.29. The zero-order valence-electron chi connectivity index (χ0n) is 14.5. The molecule has 0 fully saturated rings. The van der Waals surface area contributed by atoms with Crippen LogP contribution in [0.3, 0.4) is 0 Å². The van der Waals surface area contributed by atoms with Gasteiger partial charge in [0.25, 0.3) is 5.91 Å². The Kier molecular flexibility index (Phi) is 7.76. The van der Waals surface area contributed by atoms with Gasteiger partial charge in [0.1, 0.15) is 11.5 Å². The van der Waals surface area contributed by atoms with E-state index in [-0.39, 0.29) is 12.3 Å². The van der Waals surface area contributed by atoms with Crippen LogP contribution in [0.4, 0.5) is 0 Å². The maximum atomic E-state index is 11.9. The molecule has 2 rings (SSSR count). The molecule has 0 aliphatic heterocycles. The fraction of sp³-hybridized carbons (Fsp3) is 0.263. The maximum Gasteiger partial charge on any atom is 0.271 e. The van der Waals surface area contributed by atoms with Gasteiger partial charge in [-0.2, -0.15) is 0 Å². The molecule has 0 radical (unpaired) electrons. The fourth-order valence-electron chi connectivity index (χ4n) is 2.12. The third-order valence-electron chi connectivity index (χ3n) is 3.39. The average Bonchev–Trinajstić information content (AvgIpc) is 2.65. The van der Waals surface area contributed by atoms with Crippen LogP contribution >= 0.6 is 11.6 Å². The van der Waals surface area contributed by atoms with E-state index in [2.05, 4.69) is 10.9 Å². The minimum absolute atomic E-state index is 0.222. The van der Waals surface area contributed by atoms with E-state index in [1.165, 1.54) is 0 Å². The molecule has 2 N–H and O–H groups in total. The second-order valence-corrected chi connectivity index (χ2v) is 5.75. The molecule has 0 bridgehead atoms. The second-order valence-electron chi connectivity index (χ2n) is 5.34. The number of carbonyl (C=O) groups excluding carboxylic acids is 2. The molecule has 0 atom stereocenters. The van der Waals surface area contributed by atoms with Crippen molar-refractivity contribution in [2.45, 2.75) is 19.8 Å². The van der Waals surface area contributed by atoms with Crippen LogP contribution in [-0.2, 0) is 4.79 Å². The quantitative estimate of drug-likeness (QED) is 0.547. The van der Waals surface area contributed by atoms with Crippen molar-refractivity contribution in [3.05, 3.63) is 59.1 Å². The highest BCUT2D eigenvalue weighted by Crippen LogP contribution is 2.17. The molecular formula is C19H21ClN2O4. The normalized spacial score (nSPS) is 10.1. The lowest BCUT2D eigenvalue weighted by Gasteiger charge is -2.09. The highest BCUT2D eigenvalue weighted by molar-refractivity contribution is 6.33. The van der Waals surface area contributed by atoms with Crippen LogP contribution in [0.25, 0.3) is 0 Å². The molecule has 0 heterocycles. The van der Waals surface area contributed by atoms with E-state index in [4.69, 9.17) is 21.1 Å². The van der Waals surface area contributed by atoms with Crippen molar-refractivity contribution < 1.29 is 19.1 Å². The van der Waals surface area contributed by atoms with Crippen LogP contribution in [0.5, 0.6) is 11.5 Å². The molecule has 0 aliphatic rings. The van der Waals surface area contributed by atoms with Gasteiger partial charge in [-0.1, -0.05) is 23.7 Å². The van der Waals surface area contributed by atoms with Gasteiger partial charge >= 0.3 is 0 Å². The van der Waals surface area contributed by atoms with Gasteiger partial charge in [-0.15, -0.1) is 0 Å². The van der Waals surface area contributed by atoms with E-state index in [9.17, 15) is 9.59 Å². The molecule has 0 unspecified atom stereocenters. The number of carbonyl (C=O) groups is 2. The molecule has 138 valence electrons. The van der Waals surface area contributed by atoms with Crippen molar-refractivity contribution in [2.75, 3.05) is 13.2 Å². The monoisotopic (exact) mass is 376 g/mol. The highest BCUT2D eigenvalue weighted by Gasteiger charge is 2.10. The number of hydrogen-bond acceptors (Lipinski definition) is 4. The number of benzene rings is 2. The average molecular weight is 377 g/mol. The van der Waals surface area contributed by atoms with Crippen LogP contribution in [-0.4, -0.2) is 25.0 Å². The Labute approximate surface area is 157 Å². The van der Waals surface area contributed by atoms with E-state index < -0.39 is 5.91 Å². The number of ether oxygens (including phenoxy) is 2. The van der Waals surface area contributed by atoms with Crippen molar-refractivity contribution in [3.8, 4) is 11.5 Å². The Hall–Kier alpha value is -2.73. The summed E-state index contributed by atoms with van der Waals surface area (Å²) >= 11 is 5.92. The van der Waals surface area contributed by atoms with Crippen molar-refractivity contribution in [1.29, 1.82) is 0 Å². The first-order valence-corrected chi connectivity index (χ1v) is 8.67. The largest absolute Gasteiger partial charge is 0.494 e. The van der Waals surface area contributed by atoms with E-state index in [0.29, 0.717) is 36.0 Å². The first-order valence-electron chi connectivity index (χ1n) is 8.29. The van der Waals surface area contributed by atoms with Gasteiger partial charge < -0.3 is 9.47 Å². The van der Waals surface area contributed by atoms with Crippen molar-refractivity contribution in [3.63, 3.8) is 0 Å². The highest BCUT2D eigenvalue weighted by atomic mass is 35.5. The van der Waals surface area contributed by atoms with Gasteiger partial charge in [0, 0.05) is 6.42 Å². The Morgan fingerprint density at radius 1 is 0.962 bits per heavy atom. The Balaban J connectivity index is 1.64. The van der Waals surface area contributed by atoms with E-state index in [1.807, 2.05) is 31.2 Å². The summed E-state index contributed by atoms with van der Waals surface area (Å²) < 4.78 is 10.9. The summed E-state index contributed by atoms with van der Waals surface area (Å²) in [5.74, 6) is 0.727. The van der Waals surface area contributed by atoms with Gasteiger partial charge in [0.2, 0.25) is 5.91 Å². The number of nitrogens with one attached hydrogen (secondary N) is 2. The van der Waals surface area contributed by atoms with Crippen LogP contribution in [0.1, 0.15) is 30.1 Å². The van der Waals surface area contributed by atoms with Gasteiger partial charge in [0.05, 0.1) is 23.8 Å². The molecule has 6 nitrogen and oxygen atoms in total. The zero-order valence-corrected chi connectivity index (χ0v) is 15.2. The van der Waals surface area contributed by atoms with Crippen molar-refractivity contribution in [1.82, 2.24) is 10.9 Å². The first-order chi connectivity index (χ1) is 12.6. The molecule has 0 aromatic heterocycles. The summed E-state index contributed by atoms with van der Waals surface area (Å²) in [5, 5.41) is 0.322. The minimum atomic E-state index is -0.463. The number of hydrazine groups is 1. The summed E-state index contributed by atoms with van der Waals surface area (Å²) in [6.07, 6.45) is 0.737. The summed E-state index contributed by atoms with van der Waals surface area (Å²) in [6, 6.07) is 13.9. The molecular weight excluding hydrogens is 356 g/mol. The number of amides is 2.